The summed E-state index contributed by atoms with van der Waals surface area (Å²) in [6.45, 7) is 4.13. The number of carbonyl (C=O) groups excluding carboxylic acids is 1. The molecule has 19 heavy (non-hydrogen) atoms. The largest absolute Gasteiger partial charge is 0.294 e. The van der Waals surface area contributed by atoms with Gasteiger partial charge in [0.2, 0.25) is 0 Å². The van der Waals surface area contributed by atoms with Crippen molar-refractivity contribution in [1.82, 2.24) is 4.98 Å². The van der Waals surface area contributed by atoms with Crippen LogP contribution in [0, 0.1) is 6.92 Å². The summed E-state index contributed by atoms with van der Waals surface area (Å²) < 4.78 is 0. The highest BCUT2D eigenvalue weighted by Crippen LogP contribution is 2.20. The van der Waals surface area contributed by atoms with Gasteiger partial charge in [0.25, 0.3) is 0 Å². The number of aromatic nitrogens is 1. The first-order valence-corrected chi connectivity index (χ1v) is 7.12. The zero-order valence-corrected chi connectivity index (χ0v) is 11.8. The summed E-state index contributed by atoms with van der Waals surface area (Å²) in [6, 6.07) is 9.80. The second-order valence-corrected chi connectivity index (χ2v) is 5.06. The topological polar surface area (TPSA) is 30.0 Å². The van der Waals surface area contributed by atoms with Crippen LogP contribution >= 0.6 is 0 Å². The summed E-state index contributed by atoms with van der Waals surface area (Å²) in [7, 11) is 0. The third-order valence-electron chi connectivity index (χ3n) is 3.40. The number of unbranched alkanes of at least 4 members (excludes halogenated alkanes) is 3. The maximum atomic E-state index is 12.3. The minimum Gasteiger partial charge on any atom is -0.294 e. The maximum Gasteiger partial charge on any atom is 0.163 e. The Balaban J connectivity index is 2.21. The van der Waals surface area contributed by atoms with Gasteiger partial charge in [-0.25, -0.2) is 0 Å². The quantitative estimate of drug-likeness (QED) is 0.553. The third kappa shape index (κ3) is 3.40. The number of para-hydroxylation sites is 1. The number of aryl methyl sites for hydroxylation is 1. The number of fused-ring (bicyclic) bond motifs is 1. The SMILES string of the molecule is CCCCCCC(=O)c1cc(C)nc2ccccc12. The number of hydrogen-bond acceptors (Lipinski definition) is 2. The fourth-order valence-corrected chi connectivity index (χ4v) is 2.39. The zero-order chi connectivity index (χ0) is 13.7. The molecule has 0 bridgehead atoms. The van der Waals surface area contributed by atoms with Crippen molar-refractivity contribution in [2.75, 3.05) is 0 Å². The lowest BCUT2D eigenvalue weighted by Crippen LogP contribution is -2.02. The number of hydrogen-bond donors (Lipinski definition) is 0. The first-order valence-electron chi connectivity index (χ1n) is 7.12. The number of ketones is 1. The van der Waals surface area contributed by atoms with E-state index in [1.807, 2.05) is 37.3 Å². The predicted octanol–water partition coefficient (Wildman–Crippen LogP) is 4.70. The molecule has 0 spiro atoms. The van der Waals surface area contributed by atoms with Crippen molar-refractivity contribution in [3.63, 3.8) is 0 Å². The third-order valence-corrected chi connectivity index (χ3v) is 3.40. The highest BCUT2D eigenvalue weighted by Gasteiger charge is 2.11. The predicted molar refractivity (Wildman–Crippen MR) is 79.6 cm³/mol. The molecule has 100 valence electrons. The summed E-state index contributed by atoms with van der Waals surface area (Å²) in [5.41, 5.74) is 2.66. The van der Waals surface area contributed by atoms with Crippen LogP contribution in [-0.2, 0) is 0 Å². The zero-order valence-electron chi connectivity index (χ0n) is 11.8. The Morgan fingerprint density at radius 1 is 1.16 bits per heavy atom. The summed E-state index contributed by atoms with van der Waals surface area (Å²) in [4.78, 5) is 16.8. The summed E-state index contributed by atoms with van der Waals surface area (Å²) >= 11 is 0. The van der Waals surface area contributed by atoms with Crippen LogP contribution in [0.5, 0.6) is 0 Å². The molecule has 0 radical (unpaired) electrons. The Labute approximate surface area is 114 Å². The molecule has 0 fully saturated rings. The van der Waals surface area contributed by atoms with Crippen molar-refractivity contribution in [2.24, 2.45) is 0 Å². The summed E-state index contributed by atoms with van der Waals surface area (Å²) in [6.07, 6.45) is 5.19. The Morgan fingerprint density at radius 3 is 2.74 bits per heavy atom. The van der Waals surface area contributed by atoms with Crippen molar-refractivity contribution in [1.29, 1.82) is 0 Å². The van der Waals surface area contributed by atoms with Crippen LogP contribution in [0.25, 0.3) is 10.9 Å². The summed E-state index contributed by atoms with van der Waals surface area (Å²) in [5.74, 6) is 0.248. The van der Waals surface area contributed by atoms with Gasteiger partial charge in [-0.2, -0.15) is 0 Å². The molecule has 2 heteroatoms. The highest BCUT2D eigenvalue weighted by molar-refractivity contribution is 6.07. The van der Waals surface area contributed by atoms with Crippen molar-refractivity contribution in [3.05, 3.63) is 41.6 Å². The second-order valence-electron chi connectivity index (χ2n) is 5.06. The van der Waals surface area contributed by atoms with Crippen molar-refractivity contribution < 1.29 is 4.79 Å². The highest BCUT2D eigenvalue weighted by atomic mass is 16.1. The Bertz CT molecular complexity index is 574. The van der Waals surface area contributed by atoms with Crippen LogP contribution < -0.4 is 0 Å². The van der Waals surface area contributed by atoms with Gasteiger partial charge in [0.15, 0.2) is 5.78 Å². The average molecular weight is 255 g/mol. The van der Waals surface area contributed by atoms with Crippen LogP contribution in [0.15, 0.2) is 30.3 Å². The van der Waals surface area contributed by atoms with Gasteiger partial charge in [-0.1, -0.05) is 44.4 Å². The van der Waals surface area contributed by atoms with E-state index in [1.165, 1.54) is 12.8 Å². The number of rotatable bonds is 6. The number of Topliss-reactive ketones (excluding diaryl/α,β-unsaturated/α-hetero) is 1. The van der Waals surface area contributed by atoms with E-state index in [-0.39, 0.29) is 5.78 Å². The van der Waals surface area contributed by atoms with Gasteiger partial charge in [0.05, 0.1) is 5.52 Å². The van der Waals surface area contributed by atoms with Crippen molar-refractivity contribution >= 4 is 16.7 Å². The van der Waals surface area contributed by atoms with E-state index in [9.17, 15) is 4.79 Å². The monoisotopic (exact) mass is 255 g/mol. The molecule has 0 amide bonds. The van der Waals surface area contributed by atoms with E-state index in [4.69, 9.17) is 0 Å². The molecule has 0 saturated heterocycles. The van der Waals surface area contributed by atoms with Crippen molar-refractivity contribution in [3.8, 4) is 0 Å². The average Bonchev–Trinajstić information content (AvgIpc) is 2.42. The molecule has 1 heterocycles. The number of benzene rings is 1. The molecule has 2 rings (SSSR count). The number of nitrogens with zero attached hydrogens (tertiary/aromatic N) is 1. The van der Waals surface area contributed by atoms with Gasteiger partial charge in [-0.15, -0.1) is 0 Å². The molecule has 0 aliphatic rings. The molecular weight excluding hydrogens is 234 g/mol. The molecular formula is C17H21NO. The van der Waals surface area contributed by atoms with Crippen LogP contribution in [0.4, 0.5) is 0 Å². The van der Waals surface area contributed by atoms with Gasteiger partial charge in [0.1, 0.15) is 0 Å². The fraction of sp³-hybridized carbons (Fsp3) is 0.412. The van der Waals surface area contributed by atoms with Gasteiger partial charge in [-0.05, 0) is 25.5 Å². The lowest BCUT2D eigenvalue weighted by molar-refractivity contribution is 0.0980. The molecule has 1 aromatic heterocycles. The first-order chi connectivity index (χ1) is 9.22. The molecule has 0 saturated carbocycles. The number of carbonyl (C=O) groups is 1. The first kappa shape index (κ1) is 13.7. The molecule has 0 aliphatic heterocycles. The molecule has 2 nitrogen and oxygen atoms in total. The lowest BCUT2D eigenvalue weighted by Gasteiger charge is -2.07. The van der Waals surface area contributed by atoms with E-state index in [0.29, 0.717) is 6.42 Å². The normalized spacial score (nSPS) is 10.8. The number of pyridine rings is 1. The Morgan fingerprint density at radius 2 is 1.95 bits per heavy atom. The van der Waals surface area contributed by atoms with Crippen LogP contribution in [0.3, 0.4) is 0 Å². The van der Waals surface area contributed by atoms with E-state index in [1.54, 1.807) is 0 Å². The minimum atomic E-state index is 0.248. The van der Waals surface area contributed by atoms with Crippen LogP contribution in [0.1, 0.15) is 55.1 Å². The molecule has 0 unspecified atom stereocenters. The second kappa shape index (κ2) is 6.46. The minimum absolute atomic E-state index is 0.248. The van der Waals surface area contributed by atoms with E-state index >= 15 is 0 Å². The maximum absolute atomic E-state index is 12.3. The molecule has 0 atom stereocenters. The van der Waals surface area contributed by atoms with E-state index < -0.39 is 0 Å². The van der Waals surface area contributed by atoms with Gasteiger partial charge in [0, 0.05) is 23.1 Å². The van der Waals surface area contributed by atoms with Crippen molar-refractivity contribution in [2.45, 2.75) is 46.0 Å². The summed E-state index contributed by atoms with van der Waals surface area (Å²) in [5, 5.41) is 0.980. The van der Waals surface area contributed by atoms with Gasteiger partial charge < -0.3 is 0 Å². The standard InChI is InChI=1S/C17H21NO/c1-3-4-5-6-11-17(19)15-12-13(2)18-16-10-8-7-9-14(15)16/h7-10,12H,3-6,11H2,1-2H3. The molecule has 0 N–H and O–H groups in total. The smallest absolute Gasteiger partial charge is 0.163 e. The molecule has 1 aromatic carbocycles. The van der Waals surface area contributed by atoms with Crippen LogP contribution in [-0.4, -0.2) is 10.8 Å². The van der Waals surface area contributed by atoms with Gasteiger partial charge >= 0.3 is 0 Å². The van der Waals surface area contributed by atoms with E-state index in [2.05, 4.69) is 11.9 Å². The van der Waals surface area contributed by atoms with E-state index in [0.717, 1.165) is 35.0 Å². The molecule has 2 aromatic rings. The van der Waals surface area contributed by atoms with Gasteiger partial charge in [-0.3, -0.25) is 9.78 Å². The fourth-order valence-electron chi connectivity index (χ4n) is 2.39. The Kier molecular flexibility index (Phi) is 4.67. The molecule has 0 aliphatic carbocycles. The van der Waals surface area contributed by atoms with Crippen LogP contribution in [0.2, 0.25) is 0 Å². The Hall–Kier alpha value is -1.70. The lowest BCUT2D eigenvalue weighted by atomic mass is 10.00.